The second-order valence-electron chi connectivity index (χ2n) is 5.30. The Morgan fingerprint density at radius 2 is 1.95 bits per heavy atom. The van der Waals surface area contributed by atoms with E-state index in [-0.39, 0.29) is 0 Å². The molecule has 1 heteroatoms. The zero-order valence-corrected chi connectivity index (χ0v) is 12.0. The predicted octanol–water partition coefficient (Wildman–Crippen LogP) is 5.25. The number of ether oxygens (including phenoxy) is 1. The quantitative estimate of drug-likeness (QED) is 0.478. The van der Waals surface area contributed by atoms with Crippen LogP contribution in [0.15, 0.2) is 30.5 Å². The lowest BCUT2D eigenvalue weighted by Crippen LogP contribution is -1.89. The Morgan fingerprint density at radius 3 is 2.74 bits per heavy atom. The van der Waals surface area contributed by atoms with Gasteiger partial charge in [-0.05, 0) is 24.5 Å². The molecule has 0 atom stereocenters. The van der Waals surface area contributed by atoms with Gasteiger partial charge in [0, 0.05) is 11.1 Å². The molecule has 1 aromatic carbocycles. The third kappa shape index (κ3) is 3.75. The van der Waals surface area contributed by atoms with Crippen molar-refractivity contribution in [3.8, 4) is 0 Å². The Hall–Kier alpha value is -1.46. The topological polar surface area (TPSA) is 9.23 Å². The fourth-order valence-corrected chi connectivity index (χ4v) is 2.63. The normalized spacial score (nSPS) is 13.0. The first kappa shape index (κ1) is 14.0. The molecule has 1 aliphatic heterocycles. The molecule has 102 valence electrons. The van der Waals surface area contributed by atoms with Crippen LogP contribution >= 0.6 is 0 Å². The average molecular weight is 256 g/mol. The van der Waals surface area contributed by atoms with Crippen molar-refractivity contribution in [3.05, 3.63) is 47.2 Å². The van der Waals surface area contributed by atoms with E-state index in [0.717, 1.165) is 5.76 Å². The van der Waals surface area contributed by atoms with Crippen LogP contribution in [-0.2, 0) is 17.8 Å². The summed E-state index contributed by atoms with van der Waals surface area (Å²) in [6.07, 6.45) is 9.32. The van der Waals surface area contributed by atoms with Crippen molar-refractivity contribution in [2.24, 2.45) is 0 Å². The van der Waals surface area contributed by atoms with Crippen LogP contribution in [0.25, 0.3) is 5.76 Å². The van der Waals surface area contributed by atoms with Crippen molar-refractivity contribution in [2.75, 3.05) is 0 Å². The summed E-state index contributed by atoms with van der Waals surface area (Å²) < 4.78 is 5.54. The molecule has 1 nitrogen and oxygen atoms in total. The molecule has 0 aromatic heterocycles. The van der Waals surface area contributed by atoms with E-state index in [4.69, 9.17) is 4.74 Å². The molecule has 19 heavy (non-hydrogen) atoms. The van der Waals surface area contributed by atoms with Crippen LogP contribution in [0.3, 0.4) is 0 Å². The fourth-order valence-electron chi connectivity index (χ4n) is 2.63. The molecule has 0 N–H and O–H groups in total. The Labute approximate surface area is 117 Å². The summed E-state index contributed by atoms with van der Waals surface area (Å²) in [5.74, 6) is 0.807. The van der Waals surface area contributed by atoms with Crippen LogP contribution in [0, 0.1) is 0 Å². The van der Waals surface area contributed by atoms with Crippen LogP contribution in [0.1, 0.15) is 62.1 Å². The highest BCUT2D eigenvalue weighted by Gasteiger charge is 2.16. The molecule has 0 fully saturated rings. The summed E-state index contributed by atoms with van der Waals surface area (Å²) >= 11 is 0. The molecule has 1 heterocycles. The smallest absolute Gasteiger partial charge is 0.169 e. The van der Waals surface area contributed by atoms with E-state index in [2.05, 4.69) is 37.4 Å². The highest BCUT2D eigenvalue weighted by atomic mass is 16.5. The van der Waals surface area contributed by atoms with E-state index < -0.39 is 0 Å². The number of unbranched alkanes of at least 4 members (excludes halogenated alkanes) is 5. The molecule has 0 spiro atoms. The molecule has 0 unspecified atom stereocenters. The largest absolute Gasteiger partial charge is 0.481 e. The third-order valence-electron chi connectivity index (χ3n) is 3.77. The van der Waals surface area contributed by atoms with Crippen LogP contribution in [0.4, 0.5) is 0 Å². The molecular formula is C18H24O. The summed E-state index contributed by atoms with van der Waals surface area (Å²) in [6, 6.07) is 6.66. The third-order valence-corrected chi connectivity index (χ3v) is 3.77. The van der Waals surface area contributed by atoms with Crippen LogP contribution < -0.4 is 0 Å². The van der Waals surface area contributed by atoms with E-state index in [9.17, 15) is 0 Å². The molecule has 1 aliphatic rings. The number of hydrogen-bond donors (Lipinski definition) is 0. The van der Waals surface area contributed by atoms with Crippen LogP contribution in [-0.4, -0.2) is 0 Å². The summed E-state index contributed by atoms with van der Waals surface area (Å²) in [6.45, 7) is 6.60. The molecule has 0 saturated heterocycles. The van der Waals surface area contributed by atoms with Crippen LogP contribution in [0.5, 0.6) is 0 Å². The standard InChI is InChI=1S/C18H24O/c1-3-5-6-7-8-9-10-15-11-12-17-16(13-15)14-19-18(17)4-2/h11-13H,2-3,5-10,14H2,1H3. The molecule has 2 rings (SSSR count). The molecule has 0 aliphatic carbocycles. The van der Waals surface area contributed by atoms with Gasteiger partial charge in [0.2, 0.25) is 0 Å². The van der Waals surface area contributed by atoms with Gasteiger partial charge in [-0.1, -0.05) is 63.5 Å². The van der Waals surface area contributed by atoms with Gasteiger partial charge in [0.05, 0.1) is 0 Å². The maximum atomic E-state index is 5.54. The second-order valence-corrected chi connectivity index (χ2v) is 5.30. The second kappa shape index (κ2) is 7.21. The lowest BCUT2D eigenvalue weighted by molar-refractivity contribution is 0.286. The Kier molecular flexibility index (Phi) is 5.30. The van der Waals surface area contributed by atoms with Gasteiger partial charge in [-0.3, -0.25) is 0 Å². The Morgan fingerprint density at radius 1 is 1.16 bits per heavy atom. The van der Waals surface area contributed by atoms with Gasteiger partial charge in [0.15, 0.2) is 5.76 Å². The first-order valence-corrected chi connectivity index (χ1v) is 7.50. The minimum Gasteiger partial charge on any atom is -0.481 e. The SMILES string of the molecule is C=C=C1OCc2cc(CCCCCCCC)ccc21. The van der Waals surface area contributed by atoms with E-state index in [1.54, 1.807) is 0 Å². The van der Waals surface area contributed by atoms with Crippen molar-refractivity contribution in [3.63, 3.8) is 0 Å². The fraction of sp³-hybridized carbons (Fsp3) is 0.500. The average Bonchev–Trinajstić information content (AvgIpc) is 2.85. The summed E-state index contributed by atoms with van der Waals surface area (Å²) in [4.78, 5) is 0. The zero-order valence-electron chi connectivity index (χ0n) is 12.0. The molecule has 0 radical (unpaired) electrons. The van der Waals surface area contributed by atoms with Gasteiger partial charge in [0.1, 0.15) is 6.61 Å². The van der Waals surface area contributed by atoms with Gasteiger partial charge in [-0.2, -0.15) is 0 Å². The van der Waals surface area contributed by atoms with Crippen molar-refractivity contribution >= 4 is 5.76 Å². The minimum atomic E-state index is 0.678. The van der Waals surface area contributed by atoms with Gasteiger partial charge in [0.25, 0.3) is 0 Å². The number of aryl methyl sites for hydroxylation is 1. The van der Waals surface area contributed by atoms with Crippen LogP contribution in [0.2, 0.25) is 0 Å². The van der Waals surface area contributed by atoms with Gasteiger partial charge in [-0.25, -0.2) is 0 Å². The summed E-state index contributed by atoms with van der Waals surface area (Å²) in [7, 11) is 0. The van der Waals surface area contributed by atoms with Gasteiger partial charge in [-0.15, -0.1) is 0 Å². The highest BCUT2D eigenvalue weighted by Crippen LogP contribution is 2.29. The lowest BCUT2D eigenvalue weighted by Gasteiger charge is -2.04. The predicted molar refractivity (Wildman–Crippen MR) is 80.9 cm³/mol. The van der Waals surface area contributed by atoms with Crippen molar-refractivity contribution < 1.29 is 4.74 Å². The molecule has 1 aromatic rings. The minimum absolute atomic E-state index is 0.678. The Bertz CT molecular complexity index is 467. The molecule has 0 saturated carbocycles. The van der Waals surface area contributed by atoms with Crippen molar-refractivity contribution in [1.82, 2.24) is 0 Å². The highest BCUT2D eigenvalue weighted by molar-refractivity contribution is 5.65. The maximum absolute atomic E-state index is 5.54. The van der Waals surface area contributed by atoms with E-state index >= 15 is 0 Å². The lowest BCUT2D eigenvalue weighted by atomic mass is 10.0. The summed E-state index contributed by atoms with van der Waals surface area (Å²) in [5, 5.41) is 0. The van der Waals surface area contributed by atoms with E-state index in [1.165, 1.54) is 61.6 Å². The zero-order chi connectivity index (χ0) is 13.5. The molecular weight excluding hydrogens is 232 g/mol. The number of fused-ring (bicyclic) bond motifs is 1. The first-order valence-electron chi connectivity index (χ1n) is 7.50. The van der Waals surface area contributed by atoms with Gasteiger partial charge < -0.3 is 4.74 Å². The summed E-state index contributed by atoms with van der Waals surface area (Å²) in [5.41, 5.74) is 6.74. The molecule has 0 amide bonds. The van der Waals surface area contributed by atoms with Crippen molar-refractivity contribution in [1.29, 1.82) is 0 Å². The first-order chi connectivity index (χ1) is 9.35. The maximum Gasteiger partial charge on any atom is 0.169 e. The molecule has 0 bridgehead atoms. The number of rotatable bonds is 7. The van der Waals surface area contributed by atoms with Crippen molar-refractivity contribution in [2.45, 2.75) is 58.5 Å². The van der Waals surface area contributed by atoms with Gasteiger partial charge >= 0.3 is 0 Å². The van der Waals surface area contributed by atoms with E-state index in [1.807, 2.05) is 0 Å². The Balaban J connectivity index is 1.81. The monoisotopic (exact) mass is 256 g/mol. The number of benzene rings is 1. The number of hydrogen-bond acceptors (Lipinski definition) is 1. The van der Waals surface area contributed by atoms with E-state index in [0.29, 0.717) is 6.61 Å².